The van der Waals surface area contributed by atoms with Crippen LogP contribution in [0.1, 0.15) is 27.9 Å². The van der Waals surface area contributed by atoms with E-state index in [9.17, 15) is 9.18 Å². The predicted octanol–water partition coefficient (Wildman–Crippen LogP) is 4.19. The van der Waals surface area contributed by atoms with Gasteiger partial charge in [-0.1, -0.05) is 29.8 Å². The van der Waals surface area contributed by atoms with Crippen LogP contribution in [0.4, 0.5) is 4.39 Å². The minimum Gasteiger partial charge on any atom is -0.489 e. The molecule has 0 saturated heterocycles. The number of halogens is 2. The number of ketones is 1. The molecule has 20 heavy (non-hydrogen) atoms. The van der Waals surface area contributed by atoms with E-state index in [1.54, 1.807) is 12.1 Å². The van der Waals surface area contributed by atoms with Crippen molar-refractivity contribution < 1.29 is 13.9 Å². The van der Waals surface area contributed by atoms with Crippen molar-refractivity contribution >= 4 is 17.4 Å². The molecule has 0 N–H and O–H groups in total. The van der Waals surface area contributed by atoms with Gasteiger partial charge in [0.15, 0.2) is 5.78 Å². The Labute approximate surface area is 121 Å². The highest BCUT2D eigenvalue weighted by Gasteiger charge is 2.22. The summed E-state index contributed by atoms with van der Waals surface area (Å²) in [6.45, 7) is 0.296. The Morgan fingerprint density at radius 2 is 2.05 bits per heavy atom. The Morgan fingerprint density at radius 1 is 1.20 bits per heavy atom. The van der Waals surface area contributed by atoms with Gasteiger partial charge in [-0.2, -0.15) is 0 Å². The summed E-state index contributed by atoms with van der Waals surface area (Å²) in [5.74, 6) is 0.436. The Balaban J connectivity index is 1.79. The zero-order valence-corrected chi connectivity index (χ0v) is 11.4. The zero-order valence-electron chi connectivity index (χ0n) is 10.7. The van der Waals surface area contributed by atoms with Gasteiger partial charge in [0, 0.05) is 17.5 Å². The molecule has 3 rings (SSSR count). The molecular weight excluding hydrogens is 279 g/mol. The number of Topliss-reactive ketones (excluding diaryl/α,β-unsaturated/α-hetero) is 1. The molecule has 1 aliphatic rings. The number of hydrogen-bond donors (Lipinski definition) is 0. The third kappa shape index (κ3) is 2.41. The Kier molecular flexibility index (Phi) is 3.45. The summed E-state index contributed by atoms with van der Waals surface area (Å²) >= 11 is 5.73. The maximum Gasteiger partial charge on any atom is 0.163 e. The van der Waals surface area contributed by atoms with Crippen LogP contribution in [0, 0.1) is 5.82 Å². The lowest BCUT2D eigenvalue weighted by Crippen LogP contribution is -1.99. The van der Waals surface area contributed by atoms with Gasteiger partial charge in [0.1, 0.15) is 18.2 Å². The minimum atomic E-state index is -0.443. The average molecular weight is 291 g/mol. The van der Waals surface area contributed by atoms with Crippen LogP contribution < -0.4 is 4.74 Å². The van der Waals surface area contributed by atoms with Crippen LogP contribution in [0.5, 0.6) is 5.75 Å². The van der Waals surface area contributed by atoms with E-state index in [1.165, 1.54) is 6.07 Å². The maximum absolute atomic E-state index is 13.1. The van der Waals surface area contributed by atoms with Crippen LogP contribution in [-0.4, -0.2) is 5.78 Å². The molecule has 2 aromatic carbocycles. The molecule has 0 unspecified atom stereocenters. The fraction of sp³-hybridized carbons (Fsp3) is 0.188. The van der Waals surface area contributed by atoms with Crippen LogP contribution in [0.25, 0.3) is 0 Å². The SMILES string of the molecule is O=C1CCc2c(OCc3ccc(F)c(Cl)c3)cccc21. The smallest absolute Gasteiger partial charge is 0.163 e. The fourth-order valence-corrected chi connectivity index (χ4v) is 2.59. The van der Waals surface area contributed by atoms with Crippen LogP contribution in [-0.2, 0) is 13.0 Å². The summed E-state index contributed by atoms with van der Waals surface area (Å²) in [7, 11) is 0. The van der Waals surface area contributed by atoms with Gasteiger partial charge in [0.2, 0.25) is 0 Å². The van der Waals surface area contributed by atoms with E-state index in [2.05, 4.69) is 0 Å². The number of rotatable bonds is 3. The Hall–Kier alpha value is -1.87. The largest absolute Gasteiger partial charge is 0.489 e. The molecule has 0 bridgehead atoms. The number of ether oxygens (including phenoxy) is 1. The summed E-state index contributed by atoms with van der Waals surface area (Å²) in [6.07, 6.45) is 1.26. The number of fused-ring (bicyclic) bond motifs is 1. The van der Waals surface area contributed by atoms with E-state index in [0.717, 1.165) is 16.7 Å². The van der Waals surface area contributed by atoms with Gasteiger partial charge in [-0.15, -0.1) is 0 Å². The summed E-state index contributed by atoms with van der Waals surface area (Å²) in [4.78, 5) is 11.7. The lowest BCUT2D eigenvalue weighted by Gasteiger charge is -2.10. The van der Waals surface area contributed by atoms with Gasteiger partial charge < -0.3 is 4.74 Å². The highest BCUT2D eigenvalue weighted by molar-refractivity contribution is 6.30. The monoisotopic (exact) mass is 290 g/mol. The van der Waals surface area contributed by atoms with Crippen molar-refractivity contribution in [2.75, 3.05) is 0 Å². The molecule has 0 saturated carbocycles. The van der Waals surface area contributed by atoms with Crippen molar-refractivity contribution in [1.82, 2.24) is 0 Å². The molecular formula is C16H12ClFO2. The first-order valence-electron chi connectivity index (χ1n) is 6.37. The van der Waals surface area contributed by atoms with Crippen molar-refractivity contribution in [1.29, 1.82) is 0 Å². The number of carbonyl (C=O) groups is 1. The highest BCUT2D eigenvalue weighted by atomic mass is 35.5. The van der Waals surface area contributed by atoms with Gasteiger partial charge in [0.25, 0.3) is 0 Å². The van der Waals surface area contributed by atoms with E-state index in [0.29, 0.717) is 25.2 Å². The third-order valence-corrected chi connectivity index (χ3v) is 3.70. The summed E-state index contributed by atoms with van der Waals surface area (Å²) in [5, 5.41) is 0.0829. The van der Waals surface area contributed by atoms with Crippen molar-refractivity contribution in [2.24, 2.45) is 0 Å². The van der Waals surface area contributed by atoms with Gasteiger partial charge >= 0.3 is 0 Å². The molecule has 102 valence electrons. The first kappa shape index (κ1) is 13.1. The van der Waals surface area contributed by atoms with Gasteiger partial charge in [-0.3, -0.25) is 4.79 Å². The number of hydrogen-bond acceptors (Lipinski definition) is 2. The van der Waals surface area contributed by atoms with E-state index >= 15 is 0 Å². The third-order valence-electron chi connectivity index (χ3n) is 3.41. The Morgan fingerprint density at radius 3 is 2.85 bits per heavy atom. The molecule has 0 fully saturated rings. The van der Waals surface area contributed by atoms with Crippen LogP contribution in [0.2, 0.25) is 5.02 Å². The highest BCUT2D eigenvalue weighted by Crippen LogP contribution is 2.31. The van der Waals surface area contributed by atoms with Gasteiger partial charge in [-0.25, -0.2) is 4.39 Å². The van der Waals surface area contributed by atoms with Gasteiger partial charge in [0.05, 0.1) is 5.02 Å². The van der Waals surface area contributed by atoms with Crippen LogP contribution in [0.3, 0.4) is 0 Å². The van der Waals surface area contributed by atoms with Crippen molar-refractivity contribution in [3.63, 3.8) is 0 Å². The first-order valence-corrected chi connectivity index (χ1v) is 6.75. The molecule has 0 heterocycles. The quantitative estimate of drug-likeness (QED) is 0.847. The maximum atomic E-state index is 13.1. The molecule has 0 aromatic heterocycles. The van der Waals surface area contributed by atoms with Crippen molar-refractivity contribution in [3.8, 4) is 5.75 Å². The van der Waals surface area contributed by atoms with Crippen molar-refractivity contribution in [3.05, 3.63) is 63.9 Å². The van der Waals surface area contributed by atoms with E-state index in [-0.39, 0.29) is 10.8 Å². The lowest BCUT2D eigenvalue weighted by atomic mass is 10.1. The second-order valence-electron chi connectivity index (χ2n) is 4.74. The topological polar surface area (TPSA) is 26.3 Å². The fourth-order valence-electron chi connectivity index (χ4n) is 2.38. The van der Waals surface area contributed by atoms with Gasteiger partial charge in [-0.05, 0) is 30.2 Å². The molecule has 1 aliphatic carbocycles. The van der Waals surface area contributed by atoms with Crippen LogP contribution >= 0.6 is 11.6 Å². The van der Waals surface area contributed by atoms with E-state index in [1.807, 2.05) is 18.2 Å². The average Bonchev–Trinajstić information content (AvgIpc) is 2.83. The number of benzene rings is 2. The molecule has 0 radical (unpaired) electrons. The minimum absolute atomic E-state index is 0.0829. The molecule has 0 atom stereocenters. The molecule has 2 nitrogen and oxygen atoms in total. The summed E-state index contributed by atoms with van der Waals surface area (Å²) in [6, 6.07) is 9.99. The predicted molar refractivity (Wildman–Crippen MR) is 74.8 cm³/mol. The summed E-state index contributed by atoms with van der Waals surface area (Å²) < 4.78 is 18.8. The Bertz CT molecular complexity index is 682. The zero-order chi connectivity index (χ0) is 14.1. The van der Waals surface area contributed by atoms with E-state index < -0.39 is 5.82 Å². The number of carbonyl (C=O) groups excluding carboxylic acids is 1. The molecule has 4 heteroatoms. The van der Waals surface area contributed by atoms with E-state index in [4.69, 9.17) is 16.3 Å². The second-order valence-corrected chi connectivity index (χ2v) is 5.15. The summed E-state index contributed by atoms with van der Waals surface area (Å²) in [5.41, 5.74) is 2.50. The second kappa shape index (κ2) is 5.25. The van der Waals surface area contributed by atoms with Crippen LogP contribution in [0.15, 0.2) is 36.4 Å². The standard InChI is InChI=1S/C16H12ClFO2/c17-13-8-10(4-6-14(13)18)9-20-16-3-1-2-11-12(16)5-7-15(11)19/h1-4,6,8H,5,7,9H2. The van der Waals surface area contributed by atoms with Crippen molar-refractivity contribution in [2.45, 2.75) is 19.4 Å². The molecule has 0 spiro atoms. The normalized spacial score (nSPS) is 13.4. The molecule has 0 aliphatic heterocycles. The lowest BCUT2D eigenvalue weighted by molar-refractivity contribution is 0.0994. The first-order chi connectivity index (χ1) is 9.65. The molecule has 0 amide bonds. The molecule has 2 aromatic rings.